The molecule has 3 amide bonds. The SMILES string of the molecule is COCC1OC(OC2C(O)C(COC3OC(CO)C(O)C(OC)C3O)OC(OC3C(CO)OC(OC4C(CO)OC(NC(C)=O)C(NC(C)=O)C4O)C(NC(C)=O)C3O)C2O)C(O)C(O)C1O. The van der Waals surface area contributed by atoms with Crippen LogP contribution in [0.4, 0.5) is 0 Å². The van der Waals surface area contributed by atoms with Gasteiger partial charge in [0.15, 0.2) is 31.4 Å². The smallest absolute Gasteiger partial charge is 0.218 e. The zero-order valence-electron chi connectivity index (χ0n) is 37.1. The van der Waals surface area contributed by atoms with Gasteiger partial charge in [0.25, 0.3) is 0 Å². The van der Waals surface area contributed by atoms with Crippen molar-refractivity contribution in [3.05, 3.63) is 0 Å². The topological polar surface area (TPSA) is 432 Å². The third-order valence-corrected chi connectivity index (χ3v) is 11.9. The molecule has 0 radical (unpaired) electrons. The van der Waals surface area contributed by atoms with Crippen molar-refractivity contribution in [3.8, 4) is 0 Å². The van der Waals surface area contributed by atoms with E-state index >= 15 is 0 Å². The molecule has 0 bridgehead atoms. The zero-order chi connectivity index (χ0) is 49.6. The number of aliphatic hydroxyl groups excluding tert-OH is 12. The van der Waals surface area contributed by atoms with Gasteiger partial charge in [0.1, 0.15) is 122 Å². The molecule has 0 aromatic carbocycles. The predicted molar refractivity (Wildman–Crippen MR) is 211 cm³/mol. The van der Waals surface area contributed by atoms with Crippen LogP contribution in [0, 0.1) is 0 Å². The van der Waals surface area contributed by atoms with Crippen LogP contribution >= 0.6 is 0 Å². The van der Waals surface area contributed by atoms with Crippen LogP contribution in [0.5, 0.6) is 0 Å². The van der Waals surface area contributed by atoms with E-state index in [1.807, 2.05) is 0 Å². The van der Waals surface area contributed by atoms with E-state index in [4.69, 9.17) is 52.1 Å². The largest absolute Gasteiger partial charge is 0.394 e. The second kappa shape index (κ2) is 24.6. The monoisotopic (exact) mass is 979 g/mol. The summed E-state index contributed by atoms with van der Waals surface area (Å²) in [5, 5.41) is 138. The van der Waals surface area contributed by atoms with Crippen molar-refractivity contribution in [2.75, 3.05) is 47.3 Å². The van der Waals surface area contributed by atoms with Crippen molar-refractivity contribution in [1.82, 2.24) is 16.0 Å². The molecule has 0 saturated carbocycles. The van der Waals surface area contributed by atoms with Gasteiger partial charge in [0.2, 0.25) is 17.7 Å². The van der Waals surface area contributed by atoms with Crippen LogP contribution < -0.4 is 16.0 Å². The van der Waals surface area contributed by atoms with Gasteiger partial charge in [0, 0.05) is 35.0 Å². The molecule has 29 nitrogen and oxygen atoms in total. The predicted octanol–water partition coefficient (Wildman–Crippen LogP) is -10.2. The molecule has 5 aliphatic heterocycles. The van der Waals surface area contributed by atoms with Crippen molar-refractivity contribution in [2.24, 2.45) is 0 Å². The molecule has 15 N–H and O–H groups in total. The number of carbonyl (C=O) groups is 3. The van der Waals surface area contributed by atoms with Crippen LogP contribution in [-0.4, -0.2) is 280 Å². The summed E-state index contributed by atoms with van der Waals surface area (Å²) in [6, 6.07) is -3.05. The molecular formula is C38H65N3O26. The maximum atomic E-state index is 12.6. The molecule has 0 aromatic heterocycles. The molecule has 0 aromatic rings. The number of methoxy groups -OCH3 is 2. The highest BCUT2D eigenvalue weighted by Gasteiger charge is 2.56. The third-order valence-electron chi connectivity index (χ3n) is 11.9. The van der Waals surface area contributed by atoms with Gasteiger partial charge in [0.05, 0.1) is 33.0 Å². The molecule has 388 valence electrons. The van der Waals surface area contributed by atoms with Crippen LogP contribution in [0.25, 0.3) is 0 Å². The normalized spacial score (nSPS) is 46.1. The highest BCUT2D eigenvalue weighted by atomic mass is 16.8. The Bertz CT molecular complexity index is 1590. The molecule has 5 heterocycles. The lowest BCUT2D eigenvalue weighted by Crippen LogP contribution is -2.71. The highest BCUT2D eigenvalue weighted by Crippen LogP contribution is 2.35. The minimum absolute atomic E-state index is 0.315. The van der Waals surface area contributed by atoms with E-state index < -0.39 is 197 Å². The van der Waals surface area contributed by atoms with Crippen molar-refractivity contribution < 1.29 is 128 Å². The Morgan fingerprint density at radius 1 is 0.433 bits per heavy atom. The quantitative estimate of drug-likeness (QED) is 0.0606. The fraction of sp³-hybridized carbons (Fsp3) is 0.921. The van der Waals surface area contributed by atoms with Gasteiger partial charge >= 0.3 is 0 Å². The number of carbonyl (C=O) groups excluding carboxylic acids is 3. The number of rotatable bonds is 18. The van der Waals surface area contributed by atoms with E-state index in [0.717, 1.165) is 20.8 Å². The summed E-state index contributed by atoms with van der Waals surface area (Å²) in [6.45, 7) is -0.327. The van der Waals surface area contributed by atoms with E-state index in [0.29, 0.717) is 0 Å². The van der Waals surface area contributed by atoms with Crippen LogP contribution in [0.1, 0.15) is 20.8 Å². The first-order valence-electron chi connectivity index (χ1n) is 21.3. The number of hydrogen-bond donors (Lipinski definition) is 15. The number of aliphatic hydroxyl groups is 12. The Morgan fingerprint density at radius 2 is 0.881 bits per heavy atom. The van der Waals surface area contributed by atoms with Gasteiger partial charge in [-0.05, 0) is 0 Å². The van der Waals surface area contributed by atoms with Crippen LogP contribution in [-0.2, 0) is 66.5 Å². The third kappa shape index (κ3) is 12.7. The molecule has 67 heavy (non-hydrogen) atoms. The molecule has 29 heteroatoms. The fourth-order valence-corrected chi connectivity index (χ4v) is 8.50. The van der Waals surface area contributed by atoms with Crippen molar-refractivity contribution >= 4 is 17.7 Å². The van der Waals surface area contributed by atoms with E-state index in [1.54, 1.807) is 0 Å². The fourth-order valence-electron chi connectivity index (χ4n) is 8.50. The van der Waals surface area contributed by atoms with E-state index in [-0.39, 0.29) is 6.61 Å². The van der Waals surface area contributed by atoms with Crippen molar-refractivity contribution in [3.63, 3.8) is 0 Å². The maximum Gasteiger partial charge on any atom is 0.218 e. The standard InChI is InChI=1S/C38H65N3O26/c1-11(45)39-19-24(51)30(15(7-43)60-34(19)41-13(3)47)65-35-20(40-12(2)46)25(52)31(16(8-44)62-35)66-38-29(56)33(67-37-27(54)26(53)21(48)17(63-37)9-57-4)23(50)18(64-38)10-59-36-28(55)32(58-5)22(49)14(6-42)61-36/h14-38,42-44,48-56H,6-10H2,1-5H3,(H,39,45)(H,40,46)(H,41,47). The summed E-state index contributed by atoms with van der Waals surface area (Å²) in [7, 11) is 2.43. The van der Waals surface area contributed by atoms with Gasteiger partial charge in [-0.15, -0.1) is 0 Å². The summed E-state index contributed by atoms with van der Waals surface area (Å²) in [4.78, 5) is 36.6. The number of ether oxygens (including phenoxy) is 11. The van der Waals surface area contributed by atoms with Crippen LogP contribution in [0.15, 0.2) is 0 Å². The number of hydrogen-bond acceptors (Lipinski definition) is 26. The summed E-state index contributed by atoms with van der Waals surface area (Å²) in [5.41, 5.74) is 0. The summed E-state index contributed by atoms with van der Waals surface area (Å²) < 4.78 is 62.7. The minimum Gasteiger partial charge on any atom is -0.394 e. The number of nitrogens with one attached hydrogen (secondary N) is 3. The Morgan fingerprint density at radius 3 is 1.43 bits per heavy atom. The molecule has 25 unspecified atom stereocenters. The summed E-state index contributed by atoms with van der Waals surface area (Å²) >= 11 is 0. The molecule has 25 atom stereocenters. The summed E-state index contributed by atoms with van der Waals surface area (Å²) in [5.74, 6) is -2.06. The first kappa shape index (κ1) is 55.4. The first-order chi connectivity index (χ1) is 31.7. The van der Waals surface area contributed by atoms with E-state index in [1.165, 1.54) is 14.2 Å². The average molecular weight is 980 g/mol. The second-order valence-electron chi connectivity index (χ2n) is 16.7. The summed E-state index contributed by atoms with van der Waals surface area (Å²) in [6.07, 6.45) is -39.5. The van der Waals surface area contributed by atoms with Crippen molar-refractivity contribution in [1.29, 1.82) is 0 Å². The van der Waals surface area contributed by atoms with E-state index in [9.17, 15) is 75.7 Å². The molecule has 5 rings (SSSR count). The Balaban J connectivity index is 1.43. The van der Waals surface area contributed by atoms with Crippen molar-refractivity contribution in [2.45, 2.75) is 174 Å². The van der Waals surface area contributed by atoms with E-state index in [2.05, 4.69) is 16.0 Å². The van der Waals surface area contributed by atoms with Gasteiger partial charge in [-0.2, -0.15) is 0 Å². The second-order valence-corrected chi connectivity index (χ2v) is 16.7. The molecular weight excluding hydrogens is 914 g/mol. The van der Waals surface area contributed by atoms with Gasteiger partial charge < -0.3 is 129 Å². The highest BCUT2D eigenvalue weighted by molar-refractivity contribution is 5.75. The lowest BCUT2D eigenvalue weighted by Gasteiger charge is -2.50. The number of amides is 3. The average Bonchev–Trinajstić information content (AvgIpc) is 3.27. The van der Waals surface area contributed by atoms with Gasteiger partial charge in [-0.3, -0.25) is 14.4 Å². The Hall–Kier alpha value is -2.51. The van der Waals surface area contributed by atoms with Gasteiger partial charge in [-0.1, -0.05) is 0 Å². The molecule has 5 saturated heterocycles. The molecule has 5 aliphatic rings. The van der Waals surface area contributed by atoms with Crippen LogP contribution in [0.3, 0.4) is 0 Å². The first-order valence-corrected chi connectivity index (χ1v) is 21.3. The Kier molecular flexibility index (Phi) is 20.3. The molecule has 0 spiro atoms. The maximum absolute atomic E-state index is 12.6. The lowest BCUT2D eigenvalue weighted by atomic mass is 9.93. The van der Waals surface area contributed by atoms with Gasteiger partial charge in [-0.25, -0.2) is 0 Å². The molecule has 0 aliphatic carbocycles. The zero-order valence-corrected chi connectivity index (χ0v) is 37.1. The minimum atomic E-state index is -2.14. The van der Waals surface area contributed by atoms with Crippen LogP contribution in [0.2, 0.25) is 0 Å². The Labute approximate surface area is 382 Å². The molecule has 5 fully saturated rings. The lowest BCUT2D eigenvalue weighted by molar-refractivity contribution is -0.383.